The van der Waals surface area contributed by atoms with Crippen molar-refractivity contribution in [2.24, 2.45) is 14.1 Å². The first-order chi connectivity index (χ1) is 15.4. The Morgan fingerprint density at radius 1 is 1.12 bits per heavy atom. The highest BCUT2D eigenvalue weighted by molar-refractivity contribution is 6.31. The molecule has 0 atom stereocenters. The van der Waals surface area contributed by atoms with Gasteiger partial charge in [-0.15, -0.1) is 0 Å². The number of benzene rings is 1. The van der Waals surface area contributed by atoms with E-state index in [4.69, 9.17) is 16.3 Å². The van der Waals surface area contributed by atoms with E-state index in [9.17, 15) is 9.90 Å². The lowest BCUT2D eigenvalue weighted by molar-refractivity contribution is 0.271. The SMILES string of the molecule is COc1ncc(-c2ccc3ncc4c(c3c2)n(-c2cn(C)nc2Cl)c(=O)n4C)cc1CO. The second kappa shape index (κ2) is 7.47. The predicted octanol–water partition coefficient (Wildman–Crippen LogP) is 2.83. The maximum absolute atomic E-state index is 13.2. The monoisotopic (exact) mass is 450 g/mol. The Labute approximate surface area is 187 Å². The fourth-order valence-corrected chi connectivity index (χ4v) is 4.20. The number of aryl methyl sites for hydroxylation is 2. The first-order valence-corrected chi connectivity index (χ1v) is 10.1. The van der Waals surface area contributed by atoms with Crippen LogP contribution in [0, 0.1) is 0 Å². The van der Waals surface area contributed by atoms with E-state index in [-0.39, 0.29) is 17.4 Å². The molecular formula is C22H19ClN6O3. The summed E-state index contributed by atoms with van der Waals surface area (Å²) in [5.74, 6) is 0.379. The van der Waals surface area contributed by atoms with Crippen LogP contribution in [0.1, 0.15) is 5.56 Å². The predicted molar refractivity (Wildman–Crippen MR) is 121 cm³/mol. The van der Waals surface area contributed by atoms with Crippen molar-refractivity contribution in [2.75, 3.05) is 7.11 Å². The van der Waals surface area contributed by atoms with Gasteiger partial charge in [0.2, 0.25) is 5.88 Å². The molecule has 1 N–H and O–H groups in total. The summed E-state index contributed by atoms with van der Waals surface area (Å²) in [4.78, 5) is 22.0. The molecule has 0 saturated heterocycles. The van der Waals surface area contributed by atoms with Crippen molar-refractivity contribution in [3.05, 3.63) is 64.1 Å². The van der Waals surface area contributed by atoms with E-state index in [1.54, 1.807) is 41.9 Å². The molecule has 5 rings (SSSR count). The Hall–Kier alpha value is -3.69. The van der Waals surface area contributed by atoms with E-state index < -0.39 is 0 Å². The van der Waals surface area contributed by atoms with Crippen molar-refractivity contribution < 1.29 is 9.84 Å². The maximum atomic E-state index is 13.2. The topological polar surface area (TPSA) is 100.0 Å². The van der Waals surface area contributed by atoms with Crippen LogP contribution in [0.15, 0.2) is 47.7 Å². The average molecular weight is 451 g/mol. The third-order valence-corrected chi connectivity index (χ3v) is 5.78. The minimum Gasteiger partial charge on any atom is -0.481 e. The molecule has 0 radical (unpaired) electrons. The minimum absolute atomic E-state index is 0.193. The van der Waals surface area contributed by atoms with Crippen molar-refractivity contribution in [2.45, 2.75) is 6.61 Å². The largest absolute Gasteiger partial charge is 0.481 e. The molecule has 10 heteroatoms. The number of ether oxygens (including phenoxy) is 1. The van der Waals surface area contributed by atoms with Crippen molar-refractivity contribution in [1.29, 1.82) is 0 Å². The number of aliphatic hydroxyl groups is 1. The number of aliphatic hydroxyl groups excluding tert-OH is 1. The van der Waals surface area contributed by atoms with Crippen LogP contribution in [0.4, 0.5) is 0 Å². The smallest absolute Gasteiger partial charge is 0.333 e. The Balaban J connectivity index is 1.83. The van der Waals surface area contributed by atoms with Gasteiger partial charge in [-0.2, -0.15) is 5.10 Å². The second-order valence-electron chi connectivity index (χ2n) is 7.43. The summed E-state index contributed by atoms with van der Waals surface area (Å²) in [5.41, 5.74) is 4.57. The van der Waals surface area contributed by atoms with Gasteiger partial charge in [-0.25, -0.2) is 9.78 Å². The molecule has 0 bridgehead atoms. The van der Waals surface area contributed by atoms with Gasteiger partial charge in [-0.05, 0) is 23.8 Å². The number of fused-ring (bicyclic) bond motifs is 3. The van der Waals surface area contributed by atoms with Crippen LogP contribution >= 0.6 is 11.6 Å². The zero-order valence-corrected chi connectivity index (χ0v) is 18.3. The first-order valence-electron chi connectivity index (χ1n) is 9.76. The molecular weight excluding hydrogens is 432 g/mol. The molecule has 0 saturated carbocycles. The van der Waals surface area contributed by atoms with Crippen LogP contribution in [-0.4, -0.2) is 41.1 Å². The number of hydrogen-bond donors (Lipinski definition) is 1. The quantitative estimate of drug-likeness (QED) is 0.452. The molecule has 4 heterocycles. The van der Waals surface area contributed by atoms with E-state index in [2.05, 4.69) is 15.1 Å². The highest BCUT2D eigenvalue weighted by Gasteiger charge is 2.20. The van der Waals surface area contributed by atoms with Crippen molar-refractivity contribution in [1.82, 2.24) is 28.9 Å². The molecule has 1 aromatic carbocycles. The molecule has 4 aromatic heterocycles. The van der Waals surface area contributed by atoms with Gasteiger partial charge in [-0.3, -0.25) is 18.8 Å². The maximum Gasteiger partial charge on any atom is 0.333 e. The van der Waals surface area contributed by atoms with E-state index in [0.29, 0.717) is 28.2 Å². The first kappa shape index (κ1) is 20.2. The molecule has 0 unspecified atom stereocenters. The Morgan fingerprint density at radius 2 is 1.94 bits per heavy atom. The van der Waals surface area contributed by atoms with Crippen LogP contribution in [0.2, 0.25) is 5.15 Å². The van der Waals surface area contributed by atoms with Gasteiger partial charge in [0.05, 0.1) is 42.7 Å². The zero-order valence-electron chi connectivity index (χ0n) is 17.6. The minimum atomic E-state index is -0.247. The molecule has 162 valence electrons. The summed E-state index contributed by atoms with van der Waals surface area (Å²) in [6, 6.07) is 7.60. The lowest BCUT2D eigenvalue weighted by Crippen LogP contribution is -2.20. The van der Waals surface area contributed by atoms with Gasteiger partial charge in [0.25, 0.3) is 0 Å². The Kier molecular flexibility index (Phi) is 4.72. The molecule has 0 spiro atoms. The summed E-state index contributed by atoms with van der Waals surface area (Å²) >= 11 is 6.34. The van der Waals surface area contributed by atoms with Gasteiger partial charge >= 0.3 is 5.69 Å². The van der Waals surface area contributed by atoms with Gasteiger partial charge in [-0.1, -0.05) is 17.7 Å². The van der Waals surface area contributed by atoms with Gasteiger partial charge in [0.1, 0.15) is 5.69 Å². The number of aromatic nitrogens is 6. The number of hydrogen-bond acceptors (Lipinski definition) is 6. The second-order valence-corrected chi connectivity index (χ2v) is 7.79. The van der Waals surface area contributed by atoms with Gasteiger partial charge in [0.15, 0.2) is 5.15 Å². The molecule has 0 aliphatic carbocycles. The number of pyridine rings is 2. The summed E-state index contributed by atoms with van der Waals surface area (Å²) in [7, 11) is 4.96. The highest BCUT2D eigenvalue weighted by atomic mass is 35.5. The van der Waals surface area contributed by atoms with Crippen LogP contribution < -0.4 is 10.4 Å². The van der Waals surface area contributed by atoms with Crippen molar-refractivity contribution in [3.8, 4) is 22.7 Å². The molecule has 32 heavy (non-hydrogen) atoms. The van der Waals surface area contributed by atoms with Crippen molar-refractivity contribution in [3.63, 3.8) is 0 Å². The molecule has 0 fully saturated rings. The van der Waals surface area contributed by atoms with Crippen molar-refractivity contribution >= 4 is 33.5 Å². The lowest BCUT2D eigenvalue weighted by Gasteiger charge is -2.10. The van der Waals surface area contributed by atoms with Crippen LogP contribution in [0.3, 0.4) is 0 Å². The number of nitrogens with zero attached hydrogens (tertiary/aromatic N) is 6. The molecule has 0 aliphatic heterocycles. The Bertz CT molecular complexity index is 1570. The fourth-order valence-electron chi connectivity index (χ4n) is 3.95. The molecule has 5 aromatic rings. The normalized spacial score (nSPS) is 11.5. The van der Waals surface area contributed by atoms with Gasteiger partial charge in [0, 0.05) is 36.8 Å². The van der Waals surface area contributed by atoms with E-state index in [1.165, 1.54) is 11.7 Å². The number of imidazole rings is 1. The van der Waals surface area contributed by atoms with Crippen LogP contribution in [0.5, 0.6) is 5.88 Å². The third kappa shape index (κ3) is 2.97. The van der Waals surface area contributed by atoms with E-state index in [0.717, 1.165) is 22.0 Å². The average Bonchev–Trinajstić information content (AvgIpc) is 3.27. The number of halogens is 1. The number of rotatable bonds is 4. The van der Waals surface area contributed by atoms with Gasteiger partial charge < -0.3 is 9.84 Å². The summed E-state index contributed by atoms with van der Waals surface area (Å²) in [6.07, 6.45) is 5.07. The Morgan fingerprint density at radius 3 is 2.62 bits per heavy atom. The van der Waals surface area contributed by atoms with Crippen LogP contribution in [0.25, 0.3) is 38.8 Å². The standard InChI is InChI=1S/C22H19ClN6O3/c1-27-10-18(20(23)26-27)29-19-15-7-12(13-6-14(11-30)21(32-3)25-8-13)4-5-16(15)24-9-17(19)28(2)22(29)31/h4-10,30H,11H2,1-3H3. The summed E-state index contributed by atoms with van der Waals surface area (Å²) in [5, 5.41) is 14.9. The zero-order chi connectivity index (χ0) is 22.6. The third-order valence-electron chi connectivity index (χ3n) is 5.51. The summed E-state index contributed by atoms with van der Waals surface area (Å²) in [6.45, 7) is -0.193. The van der Waals surface area contributed by atoms with E-state index in [1.807, 2.05) is 24.3 Å². The molecule has 0 amide bonds. The molecule has 0 aliphatic rings. The summed E-state index contributed by atoms with van der Waals surface area (Å²) < 4.78 is 9.87. The van der Waals surface area contributed by atoms with E-state index >= 15 is 0 Å². The van der Waals surface area contributed by atoms with Crippen LogP contribution in [-0.2, 0) is 20.7 Å². The molecule has 9 nitrogen and oxygen atoms in total. The highest BCUT2D eigenvalue weighted by Crippen LogP contribution is 2.32. The lowest BCUT2D eigenvalue weighted by atomic mass is 10.0. The fraction of sp³-hybridized carbons (Fsp3) is 0.182. The number of methoxy groups -OCH3 is 1.